The summed E-state index contributed by atoms with van der Waals surface area (Å²) in [6.45, 7) is 4.81. The highest BCUT2D eigenvalue weighted by molar-refractivity contribution is 6.74. The molecule has 7 aromatic rings. The van der Waals surface area contributed by atoms with E-state index in [1.165, 1.54) is 71.8 Å². The molecule has 9 rings (SSSR count). The second-order valence-electron chi connectivity index (χ2n) is 12.0. The monoisotopic (exact) mass is 535 g/mol. The molecule has 0 unspecified atom stereocenters. The second-order valence-corrected chi connectivity index (χ2v) is 12.0. The van der Waals surface area contributed by atoms with Crippen molar-refractivity contribution in [2.45, 2.75) is 19.3 Å². The van der Waals surface area contributed by atoms with Crippen LogP contribution in [0, 0.1) is 0 Å². The van der Waals surface area contributed by atoms with Crippen molar-refractivity contribution in [3.8, 4) is 27.9 Å². The van der Waals surface area contributed by atoms with Gasteiger partial charge in [-0.05, 0) is 63.6 Å². The summed E-state index contributed by atoms with van der Waals surface area (Å²) in [6, 6.07) is 46.1. The van der Waals surface area contributed by atoms with E-state index in [0.717, 1.165) is 11.4 Å². The molecule has 0 amide bonds. The van der Waals surface area contributed by atoms with Crippen LogP contribution in [0.25, 0.3) is 49.7 Å². The predicted octanol–water partition coefficient (Wildman–Crippen LogP) is 8.47. The highest BCUT2D eigenvalue weighted by Gasteiger charge is 2.42. The van der Waals surface area contributed by atoms with Crippen LogP contribution >= 0.6 is 0 Å². The molecule has 2 aliphatic rings. The average molecular weight is 535 g/mol. The molecule has 0 spiro atoms. The van der Waals surface area contributed by atoms with Gasteiger partial charge in [0.2, 0.25) is 0 Å². The number of nitrogens with one attached hydrogen (secondary N) is 1. The molecular weight excluding hydrogens is 507 g/mol. The lowest BCUT2D eigenvalue weighted by molar-refractivity contribution is 0.663. The Hall–Kier alpha value is -5.02. The molecule has 0 bridgehead atoms. The van der Waals surface area contributed by atoms with Gasteiger partial charge in [-0.25, -0.2) is 0 Å². The van der Waals surface area contributed by atoms with Gasteiger partial charge in [0, 0.05) is 44.3 Å². The van der Waals surface area contributed by atoms with Gasteiger partial charge in [0.05, 0.1) is 5.52 Å². The Morgan fingerprint density at radius 2 is 1.33 bits per heavy atom. The molecule has 2 heterocycles. The van der Waals surface area contributed by atoms with Crippen LogP contribution in [-0.4, -0.2) is 11.8 Å². The van der Waals surface area contributed by atoms with Crippen LogP contribution < -0.4 is 16.2 Å². The summed E-state index contributed by atoms with van der Waals surface area (Å²) in [5.41, 5.74) is 16.4. The Morgan fingerprint density at radius 1 is 0.643 bits per heavy atom. The Kier molecular flexibility index (Phi) is 4.79. The number of nitrogens with zero attached hydrogens (tertiary/aromatic N) is 1. The van der Waals surface area contributed by atoms with Gasteiger partial charge in [0.15, 0.2) is 7.28 Å². The van der Waals surface area contributed by atoms with Gasteiger partial charge in [0.25, 0.3) is 0 Å². The van der Waals surface area contributed by atoms with Crippen molar-refractivity contribution in [3.05, 3.63) is 139 Å². The zero-order chi connectivity index (χ0) is 28.0. The first-order chi connectivity index (χ1) is 20.6. The molecule has 1 N–H and O–H groups in total. The maximum Gasteiger partial charge on any atom is 0.197 e. The van der Waals surface area contributed by atoms with E-state index >= 15 is 0 Å². The van der Waals surface area contributed by atoms with Crippen molar-refractivity contribution < 1.29 is 0 Å². The molecule has 42 heavy (non-hydrogen) atoms. The normalized spacial score (nSPS) is 13.9. The molecule has 0 atom stereocenters. The predicted molar refractivity (Wildman–Crippen MR) is 179 cm³/mol. The topological polar surface area (TPSA) is 17.0 Å². The van der Waals surface area contributed by atoms with E-state index in [1.54, 1.807) is 0 Å². The Bertz CT molecular complexity index is 2220. The highest BCUT2D eigenvalue weighted by atomic mass is 15.0. The van der Waals surface area contributed by atoms with E-state index in [0.29, 0.717) is 0 Å². The largest absolute Gasteiger partial charge is 0.355 e. The van der Waals surface area contributed by atoms with E-state index in [9.17, 15) is 0 Å². The van der Waals surface area contributed by atoms with E-state index in [4.69, 9.17) is 0 Å². The van der Waals surface area contributed by atoms with E-state index < -0.39 is 0 Å². The fraction of sp³-hybridized carbons (Fsp3) is 0.0769. The summed E-state index contributed by atoms with van der Waals surface area (Å²) in [6.07, 6.45) is 0. The first kappa shape index (κ1) is 23.7. The zero-order valence-corrected chi connectivity index (χ0v) is 23.6. The number of hydrogen-bond donors (Lipinski definition) is 1. The summed E-state index contributed by atoms with van der Waals surface area (Å²) in [4.78, 5) is 0. The van der Waals surface area contributed by atoms with Crippen molar-refractivity contribution in [3.63, 3.8) is 0 Å². The smallest absolute Gasteiger partial charge is 0.197 e. The zero-order valence-electron chi connectivity index (χ0n) is 23.6. The molecule has 0 fully saturated rings. The quantitative estimate of drug-likeness (QED) is 0.225. The summed E-state index contributed by atoms with van der Waals surface area (Å²) in [7, 11) is 2.44. The lowest BCUT2D eigenvalue weighted by Crippen LogP contribution is -2.38. The van der Waals surface area contributed by atoms with Crippen molar-refractivity contribution in [1.29, 1.82) is 0 Å². The van der Waals surface area contributed by atoms with Gasteiger partial charge < -0.3 is 9.88 Å². The molecule has 1 aromatic heterocycles. The molecule has 0 saturated carbocycles. The number of hydrogen-bond acceptors (Lipinski definition) is 1. The van der Waals surface area contributed by atoms with Crippen LogP contribution in [0.1, 0.15) is 25.0 Å². The number of benzene rings is 6. The third-order valence-corrected chi connectivity index (χ3v) is 9.37. The van der Waals surface area contributed by atoms with E-state index in [-0.39, 0.29) is 5.41 Å². The Labute approximate surface area is 246 Å². The van der Waals surface area contributed by atoms with Gasteiger partial charge in [-0.15, -0.1) is 0 Å². The highest BCUT2D eigenvalue weighted by Crippen LogP contribution is 2.56. The van der Waals surface area contributed by atoms with Crippen LogP contribution in [0.3, 0.4) is 0 Å². The van der Waals surface area contributed by atoms with Crippen LogP contribution in [0.15, 0.2) is 127 Å². The summed E-state index contributed by atoms with van der Waals surface area (Å²) >= 11 is 0. The Balaban J connectivity index is 1.50. The number of rotatable bonds is 3. The van der Waals surface area contributed by atoms with E-state index in [2.05, 4.69) is 158 Å². The van der Waals surface area contributed by atoms with Gasteiger partial charge in [-0.1, -0.05) is 116 Å². The van der Waals surface area contributed by atoms with Crippen molar-refractivity contribution in [2.24, 2.45) is 0 Å². The lowest BCUT2D eigenvalue weighted by atomic mass is 9.57. The molecular formula is C39H28BN2. The fourth-order valence-corrected chi connectivity index (χ4v) is 7.65. The summed E-state index contributed by atoms with van der Waals surface area (Å²) in [5, 5.41) is 6.44. The van der Waals surface area contributed by atoms with Gasteiger partial charge in [-0.3, -0.25) is 0 Å². The SMILES string of the molecule is CC1(C)c2ccccc2-c2c1c(-c1ccccc1Nc1ccccc1)c1c3c2c2ccccc2n3-c2ccccc2[B]1. The van der Waals surface area contributed by atoms with Gasteiger partial charge >= 0.3 is 0 Å². The standard InChI is InChI=1S/C39H28BN2/c1-39(2)28-19-9-6-16-25(28)33-34-27-18-8-12-22-31(27)42-32-23-13-10-20-29(32)40-37(38(34)42)35(36(33)39)26-17-7-11-21-30(26)41-24-14-4-3-5-15-24/h3-23,41H,1-2H3. The van der Waals surface area contributed by atoms with E-state index in [1.807, 2.05) is 0 Å². The first-order valence-corrected chi connectivity index (χ1v) is 14.7. The molecule has 1 aliphatic carbocycles. The number of aromatic nitrogens is 1. The minimum atomic E-state index is -0.181. The minimum Gasteiger partial charge on any atom is -0.355 e. The second kappa shape index (κ2) is 8.50. The van der Waals surface area contributed by atoms with Crippen molar-refractivity contribution >= 4 is 51.4 Å². The number of fused-ring (bicyclic) bond motifs is 9. The molecule has 3 heteroatoms. The molecule has 0 saturated heterocycles. The van der Waals surface area contributed by atoms with Crippen molar-refractivity contribution in [1.82, 2.24) is 4.57 Å². The van der Waals surface area contributed by atoms with Gasteiger partial charge in [-0.2, -0.15) is 0 Å². The third kappa shape index (κ3) is 3.06. The van der Waals surface area contributed by atoms with Crippen LogP contribution in [0.5, 0.6) is 0 Å². The van der Waals surface area contributed by atoms with Crippen LogP contribution in [0.4, 0.5) is 11.4 Å². The van der Waals surface area contributed by atoms with Crippen LogP contribution in [-0.2, 0) is 5.41 Å². The first-order valence-electron chi connectivity index (χ1n) is 14.7. The van der Waals surface area contributed by atoms with Crippen LogP contribution in [0.2, 0.25) is 0 Å². The maximum atomic E-state index is 3.77. The summed E-state index contributed by atoms with van der Waals surface area (Å²) < 4.78 is 2.51. The third-order valence-electron chi connectivity index (χ3n) is 9.37. The molecule has 1 radical (unpaired) electrons. The minimum absolute atomic E-state index is 0.181. The molecule has 197 valence electrons. The maximum absolute atomic E-state index is 3.77. The fourth-order valence-electron chi connectivity index (χ4n) is 7.65. The molecule has 1 aliphatic heterocycles. The van der Waals surface area contributed by atoms with Gasteiger partial charge in [0.1, 0.15) is 0 Å². The number of anilines is 2. The average Bonchev–Trinajstić information content (AvgIpc) is 3.49. The molecule has 2 nitrogen and oxygen atoms in total. The Morgan fingerprint density at radius 3 is 2.21 bits per heavy atom. The summed E-state index contributed by atoms with van der Waals surface area (Å²) in [5.74, 6) is 0. The van der Waals surface area contributed by atoms with Crippen molar-refractivity contribution in [2.75, 3.05) is 5.32 Å². The lowest BCUT2D eigenvalue weighted by Gasteiger charge is -2.30. The molecule has 6 aromatic carbocycles. The number of para-hydroxylation sites is 4.